The van der Waals surface area contributed by atoms with Crippen LogP contribution in [0.1, 0.15) is 19.7 Å². The number of hydrogen-bond acceptors (Lipinski definition) is 4. The van der Waals surface area contributed by atoms with Crippen LogP contribution in [0.25, 0.3) is 0 Å². The van der Waals surface area contributed by atoms with Crippen molar-refractivity contribution in [3.63, 3.8) is 0 Å². The first-order valence-electron chi connectivity index (χ1n) is 4.07. The van der Waals surface area contributed by atoms with Crippen molar-refractivity contribution >= 4 is 32.6 Å². The molecule has 1 rings (SSSR count). The first-order valence-corrected chi connectivity index (χ1v) is 5.97. The molecule has 0 N–H and O–H groups in total. The molecule has 74 valence electrons. The van der Waals surface area contributed by atoms with E-state index in [0.717, 1.165) is 16.3 Å². The lowest BCUT2D eigenvalue weighted by atomic mass is 10.1. The molecule has 0 amide bonds. The number of hydrogen-bond donors (Lipinski definition) is 0. The molecule has 0 unspecified atom stereocenters. The zero-order valence-corrected chi connectivity index (χ0v) is 10.7. The molecule has 0 saturated carbocycles. The zero-order chi connectivity index (χ0) is 10.1. The van der Waals surface area contributed by atoms with Crippen LogP contribution in [0.3, 0.4) is 0 Å². The van der Waals surface area contributed by atoms with E-state index in [0.29, 0.717) is 0 Å². The number of alkyl halides is 1. The summed E-state index contributed by atoms with van der Waals surface area (Å²) in [6.45, 7) is 6.24. The number of nitrogens with zero attached hydrogens (tertiary/aromatic N) is 3. The lowest BCUT2D eigenvalue weighted by Gasteiger charge is -2.33. The Morgan fingerprint density at radius 3 is 2.54 bits per heavy atom. The van der Waals surface area contributed by atoms with Gasteiger partial charge in [0.05, 0.1) is 0 Å². The Hall–Kier alpha value is -0.160. The standard InChI is InChI=1S/C8H14BrN3S/c1-6-10-7(13-11-6)12(4)8(2,3)5-9/h5H2,1-4H3. The van der Waals surface area contributed by atoms with Crippen LogP contribution in [-0.2, 0) is 0 Å². The van der Waals surface area contributed by atoms with Gasteiger partial charge in [0, 0.05) is 29.4 Å². The molecule has 0 saturated heterocycles. The molecule has 0 radical (unpaired) electrons. The summed E-state index contributed by atoms with van der Waals surface area (Å²) in [4.78, 5) is 6.48. The van der Waals surface area contributed by atoms with Crippen molar-refractivity contribution in [2.45, 2.75) is 26.3 Å². The summed E-state index contributed by atoms with van der Waals surface area (Å²) in [5.41, 5.74) is 0.0754. The highest BCUT2D eigenvalue weighted by atomic mass is 79.9. The second kappa shape index (κ2) is 3.92. The number of aromatic nitrogens is 2. The maximum Gasteiger partial charge on any atom is 0.205 e. The van der Waals surface area contributed by atoms with Gasteiger partial charge in [-0.3, -0.25) is 0 Å². The number of rotatable bonds is 3. The molecule has 0 aliphatic rings. The molecule has 1 aromatic heterocycles. The van der Waals surface area contributed by atoms with E-state index < -0.39 is 0 Å². The molecular formula is C8H14BrN3S. The minimum absolute atomic E-state index is 0.0754. The highest BCUT2D eigenvalue weighted by Gasteiger charge is 2.24. The second-order valence-electron chi connectivity index (χ2n) is 3.63. The van der Waals surface area contributed by atoms with Crippen LogP contribution in [0.2, 0.25) is 0 Å². The second-order valence-corrected chi connectivity index (χ2v) is 4.92. The van der Waals surface area contributed by atoms with Gasteiger partial charge in [0.15, 0.2) is 0 Å². The van der Waals surface area contributed by atoms with Crippen molar-refractivity contribution in [3.8, 4) is 0 Å². The Balaban J connectivity index is 2.84. The van der Waals surface area contributed by atoms with E-state index in [4.69, 9.17) is 0 Å². The quantitative estimate of drug-likeness (QED) is 0.785. The van der Waals surface area contributed by atoms with Gasteiger partial charge in [0.25, 0.3) is 0 Å². The highest BCUT2D eigenvalue weighted by Crippen LogP contribution is 2.24. The number of anilines is 1. The lowest BCUT2D eigenvalue weighted by molar-refractivity contribution is 0.551. The summed E-state index contributed by atoms with van der Waals surface area (Å²) in [6.07, 6.45) is 0. The fourth-order valence-electron chi connectivity index (χ4n) is 0.771. The van der Waals surface area contributed by atoms with E-state index in [-0.39, 0.29) is 5.54 Å². The topological polar surface area (TPSA) is 29.0 Å². The van der Waals surface area contributed by atoms with Gasteiger partial charge in [-0.05, 0) is 20.8 Å². The van der Waals surface area contributed by atoms with Gasteiger partial charge in [0.2, 0.25) is 5.13 Å². The minimum atomic E-state index is 0.0754. The Kier molecular flexibility index (Phi) is 3.29. The molecular weight excluding hydrogens is 250 g/mol. The fourth-order valence-corrected chi connectivity index (χ4v) is 1.94. The first-order chi connectivity index (χ1) is 5.97. The van der Waals surface area contributed by atoms with E-state index in [1.807, 2.05) is 14.0 Å². The third-order valence-corrected chi connectivity index (χ3v) is 4.29. The molecule has 0 aromatic carbocycles. The van der Waals surface area contributed by atoms with Crippen LogP contribution in [0.4, 0.5) is 5.13 Å². The van der Waals surface area contributed by atoms with Gasteiger partial charge in [-0.1, -0.05) is 15.9 Å². The van der Waals surface area contributed by atoms with Gasteiger partial charge in [-0.25, -0.2) is 4.98 Å². The van der Waals surface area contributed by atoms with E-state index in [1.54, 1.807) is 0 Å². The summed E-state index contributed by atoms with van der Waals surface area (Å²) in [7, 11) is 2.04. The summed E-state index contributed by atoms with van der Waals surface area (Å²) in [5.74, 6) is 0.845. The number of aryl methyl sites for hydroxylation is 1. The van der Waals surface area contributed by atoms with Crippen LogP contribution >= 0.6 is 27.5 Å². The molecule has 3 nitrogen and oxygen atoms in total. The third-order valence-electron chi connectivity index (χ3n) is 2.04. The molecule has 1 aromatic rings. The fraction of sp³-hybridized carbons (Fsp3) is 0.750. The van der Waals surface area contributed by atoms with Crippen molar-refractivity contribution in [1.82, 2.24) is 9.36 Å². The van der Waals surface area contributed by atoms with Crippen LogP contribution in [0, 0.1) is 6.92 Å². The van der Waals surface area contributed by atoms with Crippen molar-refractivity contribution in [2.24, 2.45) is 0 Å². The first kappa shape index (κ1) is 10.9. The summed E-state index contributed by atoms with van der Waals surface area (Å²) in [5, 5.41) is 1.89. The Labute approximate surface area is 91.5 Å². The minimum Gasteiger partial charge on any atom is -0.344 e. The Morgan fingerprint density at radius 1 is 1.54 bits per heavy atom. The highest BCUT2D eigenvalue weighted by molar-refractivity contribution is 9.09. The van der Waals surface area contributed by atoms with E-state index in [1.165, 1.54) is 11.5 Å². The predicted molar refractivity (Wildman–Crippen MR) is 60.9 cm³/mol. The smallest absolute Gasteiger partial charge is 0.205 e. The van der Waals surface area contributed by atoms with Crippen LogP contribution < -0.4 is 4.90 Å². The summed E-state index contributed by atoms with van der Waals surface area (Å²) >= 11 is 4.93. The monoisotopic (exact) mass is 263 g/mol. The number of halogens is 1. The maximum atomic E-state index is 4.34. The molecule has 0 atom stereocenters. The maximum absolute atomic E-state index is 4.34. The Bertz CT molecular complexity index is 285. The van der Waals surface area contributed by atoms with Crippen LogP contribution in [0.5, 0.6) is 0 Å². The predicted octanol–water partition coefficient (Wildman–Crippen LogP) is 2.46. The average Bonchev–Trinajstić information content (AvgIpc) is 2.50. The molecule has 5 heteroatoms. The van der Waals surface area contributed by atoms with Gasteiger partial charge >= 0.3 is 0 Å². The largest absolute Gasteiger partial charge is 0.344 e. The van der Waals surface area contributed by atoms with E-state index in [2.05, 4.69) is 44.0 Å². The van der Waals surface area contributed by atoms with Gasteiger partial charge in [-0.2, -0.15) is 4.37 Å². The molecule has 0 bridgehead atoms. The Morgan fingerprint density at radius 2 is 2.15 bits per heavy atom. The van der Waals surface area contributed by atoms with E-state index in [9.17, 15) is 0 Å². The lowest BCUT2D eigenvalue weighted by Crippen LogP contribution is -2.42. The summed E-state index contributed by atoms with van der Waals surface area (Å²) in [6, 6.07) is 0. The van der Waals surface area contributed by atoms with Crippen LogP contribution in [-0.4, -0.2) is 27.3 Å². The van der Waals surface area contributed by atoms with Gasteiger partial charge < -0.3 is 4.90 Å². The van der Waals surface area contributed by atoms with Crippen molar-refractivity contribution in [3.05, 3.63) is 5.82 Å². The molecule has 0 fully saturated rings. The SMILES string of the molecule is Cc1nsc(N(C)C(C)(C)CBr)n1. The average molecular weight is 264 g/mol. The molecule has 13 heavy (non-hydrogen) atoms. The molecule has 0 aliphatic carbocycles. The van der Waals surface area contributed by atoms with Gasteiger partial charge in [0.1, 0.15) is 5.82 Å². The van der Waals surface area contributed by atoms with Crippen LogP contribution in [0.15, 0.2) is 0 Å². The molecule has 0 spiro atoms. The van der Waals surface area contributed by atoms with Crippen molar-refractivity contribution in [2.75, 3.05) is 17.3 Å². The van der Waals surface area contributed by atoms with Crippen molar-refractivity contribution < 1.29 is 0 Å². The third kappa shape index (κ3) is 2.40. The van der Waals surface area contributed by atoms with E-state index >= 15 is 0 Å². The normalized spacial score (nSPS) is 11.8. The molecule has 1 heterocycles. The summed E-state index contributed by atoms with van der Waals surface area (Å²) < 4.78 is 4.16. The molecule has 0 aliphatic heterocycles. The zero-order valence-electron chi connectivity index (χ0n) is 8.33. The van der Waals surface area contributed by atoms with Crippen molar-refractivity contribution in [1.29, 1.82) is 0 Å². The van der Waals surface area contributed by atoms with Gasteiger partial charge in [-0.15, -0.1) is 0 Å².